The third-order valence-electron chi connectivity index (χ3n) is 7.07. The van der Waals surface area contributed by atoms with Crippen LogP contribution in [0.4, 0.5) is 10.5 Å². The predicted molar refractivity (Wildman–Crippen MR) is 161 cm³/mol. The Bertz CT molecular complexity index is 1360. The highest BCUT2D eigenvalue weighted by Crippen LogP contribution is 2.29. The quantitative estimate of drug-likeness (QED) is 0.305. The normalized spacial score (nSPS) is 13.7. The van der Waals surface area contributed by atoms with E-state index in [4.69, 9.17) is 4.74 Å². The molecule has 0 aromatic heterocycles. The van der Waals surface area contributed by atoms with Crippen LogP contribution in [0.2, 0.25) is 0 Å². The zero-order valence-corrected chi connectivity index (χ0v) is 25.0. The number of anilines is 1. The molecule has 3 unspecified atom stereocenters. The van der Waals surface area contributed by atoms with E-state index < -0.39 is 23.8 Å². The molecule has 40 heavy (non-hydrogen) atoms. The molecule has 3 aromatic rings. The Labute approximate surface area is 238 Å². The van der Waals surface area contributed by atoms with E-state index in [9.17, 15) is 14.4 Å². The molecule has 0 heterocycles. The fourth-order valence-corrected chi connectivity index (χ4v) is 4.82. The number of hydrogen-bond acceptors (Lipinski definition) is 4. The summed E-state index contributed by atoms with van der Waals surface area (Å²) in [6.45, 7) is 15.3. The number of nitrogens with one attached hydrogen (secondary N) is 2. The number of ether oxygens (including phenoxy) is 1. The third-order valence-corrected chi connectivity index (χ3v) is 7.07. The van der Waals surface area contributed by atoms with Crippen molar-refractivity contribution in [1.82, 2.24) is 10.2 Å². The molecule has 3 atom stereocenters. The van der Waals surface area contributed by atoms with Crippen LogP contribution in [0.1, 0.15) is 70.7 Å². The second-order valence-electron chi connectivity index (χ2n) is 11.4. The number of nitrogens with zero attached hydrogens (tertiary/aromatic N) is 1. The van der Waals surface area contributed by atoms with E-state index in [1.165, 1.54) is 0 Å². The zero-order valence-electron chi connectivity index (χ0n) is 25.0. The minimum absolute atomic E-state index is 0.183. The van der Waals surface area contributed by atoms with E-state index in [0.29, 0.717) is 12.1 Å². The molecule has 3 aromatic carbocycles. The number of fused-ring (bicyclic) bond motifs is 1. The van der Waals surface area contributed by atoms with Gasteiger partial charge in [0.1, 0.15) is 17.7 Å². The van der Waals surface area contributed by atoms with Crippen LogP contribution in [0.15, 0.2) is 60.7 Å². The maximum atomic E-state index is 14.2. The summed E-state index contributed by atoms with van der Waals surface area (Å²) >= 11 is 0. The van der Waals surface area contributed by atoms with Crippen LogP contribution < -0.4 is 10.6 Å². The number of benzene rings is 3. The molecule has 2 N–H and O–H groups in total. The molecule has 0 aliphatic heterocycles. The van der Waals surface area contributed by atoms with Gasteiger partial charge in [0.05, 0.1) is 0 Å². The van der Waals surface area contributed by atoms with E-state index in [1.807, 2.05) is 95.3 Å². The Hall–Kier alpha value is -3.87. The SMILES string of the molecule is CCC(C)C(NC(=O)OC(C)(C)C)C(=O)N(CC)C(C(=O)Nc1ccc2ccccc2c1)c1ccc(C)cc1C. The highest BCUT2D eigenvalue weighted by molar-refractivity contribution is 6.00. The number of hydrogen-bond donors (Lipinski definition) is 2. The molecular weight excluding hydrogens is 502 g/mol. The standard InChI is InChI=1S/C33H43N3O4/c1-9-22(4)28(35-32(39)40-33(6,7)8)31(38)36(10-2)29(27-18-15-21(3)19-23(27)5)30(37)34-26-17-16-24-13-11-12-14-25(24)20-26/h11-20,22,28-29H,9-10H2,1-8H3,(H,34,37)(H,35,39). The predicted octanol–water partition coefficient (Wildman–Crippen LogP) is 6.92. The molecule has 3 rings (SSSR count). The molecule has 0 fully saturated rings. The summed E-state index contributed by atoms with van der Waals surface area (Å²) in [4.78, 5) is 42.5. The van der Waals surface area contributed by atoms with Crippen molar-refractivity contribution in [1.29, 1.82) is 0 Å². The maximum Gasteiger partial charge on any atom is 0.408 e. The monoisotopic (exact) mass is 545 g/mol. The van der Waals surface area contributed by atoms with Crippen molar-refractivity contribution in [2.75, 3.05) is 11.9 Å². The Morgan fingerprint density at radius 3 is 2.20 bits per heavy atom. The first-order valence-corrected chi connectivity index (χ1v) is 14.0. The summed E-state index contributed by atoms with van der Waals surface area (Å²) in [5.41, 5.74) is 2.64. The highest BCUT2D eigenvalue weighted by Gasteiger charge is 2.38. The Morgan fingerprint density at radius 2 is 1.60 bits per heavy atom. The van der Waals surface area contributed by atoms with Crippen molar-refractivity contribution in [3.63, 3.8) is 0 Å². The lowest BCUT2D eigenvalue weighted by atomic mass is 9.93. The maximum absolute atomic E-state index is 14.2. The number of alkyl carbamates (subject to hydrolysis) is 1. The molecule has 0 radical (unpaired) electrons. The van der Waals surface area contributed by atoms with Gasteiger partial charge in [0, 0.05) is 12.2 Å². The van der Waals surface area contributed by atoms with Gasteiger partial charge < -0.3 is 20.3 Å². The van der Waals surface area contributed by atoms with Crippen LogP contribution in [0, 0.1) is 19.8 Å². The summed E-state index contributed by atoms with van der Waals surface area (Å²) in [5.74, 6) is -0.837. The molecule has 7 nitrogen and oxygen atoms in total. The molecule has 0 aliphatic rings. The van der Waals surface area contributed by atoms with Crippen molar-refractivity contribution in [3.05, 3.63) is 77.4 Å². The third kappa shape index (κ3) is 7.62. The minimum Gasteiger partial charge on any atom is -0.444 e. The second kappa shape index (κ2) is 13.0. The molecule has 0 aliphatic carbocycles. The summed E-state index contributed by atoms with van der Waals surface area (Å²) < 4.78 is 5.47. The van der Waals surface area contributed by atoms with Crippen molar-refractivity contribution in [3.8, 4) is 0 Å². The van der Waals surface area contributed by atoms with Crippen molar-refractivity contribution in [2.24, 2.45) is 5.92 Å². The summed E-state index contributed by atoms with van der Waals surface area (Å²) in [6, 6.07) is 17.8. The Kier molecular flexibility index (Phi) is 9.96. The van der Waals surface area contributed by atoms with Gasteiger partial charge in [-0.05, 0) is 81.5 Å². The van der Waals surface area contributed by atoms with Crippen molar-refractivity contribution in [2.45, 2.75) is 79.5 Å². The average molecular weight is 546 g/mol. The van der Waals surface area contributed by atoms with Gasteiger partial charge in [0.15, 0.2) is 0 Å². The lowest BCUT2D eigenvalue weighted by molar-refractivity contribution is -0.141. The van der Waals surface area contributed by atoms with Crippen molar-refractivity contribution < 1.29 is 19.1 Å². The number of likely N-dealkylation sites (N-methyl/N-ethyl adjacent to an activating group) is 1. The molecule has 0 saturated carbocycles. The number of amides is 3. The molecule has 0 bridgehead atoms. The van der Waals surface area contributed by atoms with Gasteiger partial charge in [-0.1, -0.05) is 74.4 Å². The molecular formula is C33H43N3O4. The molecule has 7 heteroatoms. The first kappa shape index (κ1) is 30.7. The van der Waals surface area contributed by atoms with Crippen LogP contribution in [-0.2, 0) is 14.3 Å². The van der Waals surface area contributed by atoms with Crippen LogP contribution in [0.5, 0.6) is 0 Å². The first-order valence-electron chi connectivity index (χ1n) is 14.0. The lowest BCUT2D eigenvalue weighted by Gasteiger charge is -2.36. The van der Waals surface area contributed by atoms with Crippen LogP contribution in [0.25, 0.3) is 10.8 Å². The van der Waals surface area contributed by atoms with E-state index in [-0.39, 0.29) is 24.3 Å². The van der Waals surface area contributed by atoms with Crippen LogP contribution in [0.3, 0.4) is 0 Å². The molecule has 214 valence electrons. The fourth-order valence-electron chi connectivity index (χ4n) is 4.82. The molecule has 3 amide bonds. The Morgan fingerprint density at radius 1 is 0.925 bits per heavy atom. The van der Waals surface area contributed by atoms with Gasteiger partial charge in [-0.3, -0.25) is 9.59 Å². The first-order chi connectivity index (χ1) is 18.8. The van der Waals surface area contributed by atoms with Gasteiger partial charge >= 0.3 is 6.09 Å². The lowest BCUT2D eigenvalue weighted by Crippen LogP contribution is -2.54. The van der Waals surface area contributed by atoms with Crippen LogP contribution in [-0.4, -0.2) is 41.0 Å². The average Bonchev–Trinajstić information content (AvgIpc) is 2.89. The number of rotatable bonds is 9. The summed E-state index contributed by atoms with van der Waals surface area (Å²) in [7, 11) is 0. The van der Waals surface area contributed by atoms with E-state index in [0.717, 1.165) is 27.5 Å². The van der Waals surface area contributed by atoms with Gasteiger partial charge in [-0.15, -0.1) is 0 Å². The topological polar surface area (TPSA) is 87.7 Å². The van der Waals surface area contributed by atoms with Crippen molar-refractivity contribution >= 4 is 34.4 Å². The summed E-state index contributed by atoms with van der Waals surface area (Å²) in [5, 5.41) is 7.92. The highest BCUT2D eigenvalue weighted by atomic mass is 16.6. The minimum atomic E-state index is -0.906. The Balaban J connectivity index is 2.02. The van der Waals surface area contributed by atoms with Gasteiger partial charge in [0.25, 0.3) is 5.91 Å². The number of carbonyl (C=O) groups excluding carboxylic acids is 3. The van der Waals surface area contributed by atoms with E-state index in [1.54, 1.807) is 25.7 Å². The van der Waals surface area contributed by atoms with Gasteiger partial charge in [-0.25, -0.2) is 4.79 Å². The number of aryl methyl sites for hydroxylation is 2. The van der Waals surface area contributed by atoms with Gasteiger partial charge in [-0.2, -0.15) is 0 Å². The van der Waals surface area contributed by atoms with E-state index >= 15 is 0 Å². The van der Waals surface area contributed by atoms with Gasteiger partial charge in [0.2, 0.25) is 5.91 Å². The fraction of sp³-hybridized carbons (Fsp3) is 0.424. The largest absolute Gasteiger partial charge is 0.444 e. The molecule has 0 saturated heterocycles. The molecule has 0 spiro atoms. The van der Waals surface area contributed by atoms with E-state index in [2.05, 4.69) is 10.6 Å². The smallest absolute Gasteiger partial charge is 0.408 e. The summed E-state index contributed by atoms with van der Waals surface area (Å²) in [6.07, 6.45) is -0.00718. The second-order valence-corrected chi connectivity index (χ2v) is 11.4. The van der Waals surface area contributed by atoms with Crippen LogP contribution >= 0.6 is 0 Å². The zero-order chi connectivity index (χ0) is 29.6. The number of carbonyl (C=O) groups is 3.